The van der Waals surface area contributed by atoms with Crippen LogP contribution in [-0.2, 0) is 16.0 Å². The first-order chi connectivity index (χ1) is 9.15. The first-order valence-electron chi connectivity index (χ1n) is 5.93. The van der Waals surface area contributed by atoms with Crippen LogP contribution < -0.4 is 15.4 Å². The highest BCUT2D eigenvalue weighted by Gasteiger charge is 2.06. The van der Waals surface area contributed by atoms with Crippen molar-refractivity contribution in [2.75, 3.05) is 20.2 Å². The minimum absolute atomic E-state index is 0.0250. The molecule has 0 spiro atoms. The molecule has 0 heterocycles. The highest BCUT2D eigenvalue weighted by atomic mass is 16.5. The molecule has 5 heteroatoms. The number of benzene rings is 1. The third-order valence-corrected chi connectivity index (χ3v) is 2.41. The third-order valence-electron chi connectivity index (χ3n) is 2.41. The van der Waals surface area contributed by atoms with Gasteiger partial charge in [-0.05, 0) is 17.7 Å². The van der Waals surface area contributed by atoms with E-state index in [1.807, 2.05) is 12.1 Å². The maximum Gasteiger partial charge on any atom is 0.239 e. The molecule has 0 aromatic heterocycles. The molecule has 2 amide bonds. The van der Waals surface area contributed by atoms with Gasteiger partial charge in [0.05, 0.1) is 20.1 Å². The van der Waals surface area contributed by atoms with E-state index in [2.05, 4.69) is 17.2 Å². The maximum absolute atomic E-state index is 11.6. The molecule has 0 aliphatic heterocycles. The zero-order valence-electron chi connectivity index (χ0n) is 10.9. The molecule has 1 aromatic rings. The van der Waals surface area contributed by atoms with Crippen LogP contribution in [0.5, 0.6) is 5.75 Å². The summed E-state index contributed by atoms with van der Waals surface area (Å²) < 4.78 is 5.03. The van der Waals surface area contributed by atoms with Gasteiger partial charge in [-0.1, -0.05) is 18.2 Å². The van der Waals surface area contributed by atoms with Gasteiger partial charge in [-0.2, -0.15) is 0 Å². The lowest BCUT2D eigenvalue weighted by molar-refractivity contribution is -0.125. The normalized spacial score (nSPS) is 9.53. The summed E-state index contributed by atoms with van der Waals surface area (Å²) in [5.41, 5.74) is 0.866. The Morgan fingerprint density at radius 1 is 1.21 bits per heavy atom. The first kappa shape index (κ1) is 14.8. The van der Waals surface area contributed by atoms with Crippen molar-refractivity contribution in [3.05, 3.63) is 42.5 Å². The molecular formula is C14H18N2O3. The lowest BCUT2D eigenvalue weighted by Gasteiger charge is -2.06. The summed E-state index contributed by atoms with van der Waals surface area (Å²) in [6.45, 7) is 3.86. The number of methoxy groups -OCH3 is 1. The lowest BCUT2D eigenvalue weighted by Crippen LogP contribution is -2.37. The zero-order chi connectivity index (χ0) is 14.1. The summed E-state index contributed by atoms with van der Waals surface area (Å²) in [5, 5.41) is 5.13. The van der Waals surface area contributed by atoms with Gasteiger partial charge in [0.15, 0.2) is 0 Å². The van der Waals surface area contributed by atoms with Crippen LogP contribution in [0, 0.1) is 0 Å². The number of carbonyl (C=O) groups is 2. The number of amides is 2. The molecule has 0 atom stereocenters. The van der Waals surface area contributed by atoms with E-state index >= 15 is 0 Å². The molecule has 1 rings (SSSR count). The van der Waals surface area contributed by atoms with Crippen molar-refractivity contribution in [2.45, 2.75) is 6.42 Å². The maximum atomic E-state index is 11.6. The van der Waals surface area contributed by atoms with Crippen LogP contribution in [-0.4, -0.2) is 32.0 Å². The van der Waals surface area contributed by atoms with Crippen molar-refractivity contribution < 1.29 is 14.3 Å². The summed E-state index contributed by atoms with van der Waals surface area (Å²) >= 11 is 0. The number of carbonyl (C=O) groups excluding carboxylic acids is 2. The number of rotatable bonds is 7. The van der Waals surface area contributed by atoms with Crippen LogP contribution in [0.2, 0.25) is 0 Å². The van der Waals surface area contributed by atoms with E-state index in [-0.39, 0.29) is 24.8 Å². The standard InChI is InChI=1S/C14H18N2O3/c1-3-8-15-14(18)10-16-13(17)9-11-4-6-12(19-2)7-5-11/h3-7H,1,8-10H2,2H3,(H,15,18)(H,16,17). The van der Waals surface area contributed by atoms with Gasteiger partial charge in [0.25, 0.3) is 0 Å². The molecular weight excluding hydrogens is 244 g/mol. The van der Waals surface area contributed by atoms with Crippen molar-refractivity contribution in [3.63, 3.8) is 0 Å². The zero-order valence-corrected chi connectivity index (χ0v) is 10.9. The van der Waals surface area contributed by atoms with E-state index in [1.165, 1.54) is 0 Å². The second-order valence-corrected chi connectivity index (χ2v) is 3.89. The molecule has 0 saturated heterocycles. The fourth-order valence-electron chi connectivity index (χ4n) is 1.42. The van der Waals surface area contributed by atoms with Gasteiger partial charge < -0.3 is 15.4 Å². The van der Waals surface area contributed by atoms with Gasteiger partial charge in [-0.25, -0.2) is 0 Å². The topological polar surface area (TPSA) is 67.4 Å². The Balaban J connectivity index is 2.34. The second kappa shape index (κ2) is 7.92. The van der Waals surface area contributed by atoms with Crippen molar-refractivity contribution in [1.29, 1.82) is 0 Å². The van der Waals surface area contributed by atoms with E-state index in [9.17, 15) is 9.59 Å². The Labute approximate surface area is 112 Å². The van der Waals surface area contributed by atoms with Crippen LogP contribution >= 0.6 is 0 Å². The Morgan fingerprint density at radius 3 is 2.47 bits per heavy atom. The Kier molecular flexibility index (Phi) is 6.15. The highest BCUT2D eigenvalue weighted by molar-refractivity contribution is 5.85. The van der Waals surface area contributed by atoms with Crippen LogP contribution in [0.3, 0.4) is 0 Å². The molecule has 1 aromatic carbocycles. The Hall–Kier alpha value is -2.30. The molecule has 0 radical (unpaired) electrons. The molecule has 0 aliphatic carbocycles. The van der Waals surface area contributed by atoms with E-state index in [1.54, 1.807) is 25.3 Å². The fraction of sp³-hybridized carbons (Fsp3) is 0.286. The summed E-state index contributed by atoms with van der Waals surface area (Å²) in [7, 11) is 1.59. The number of ether oxygens (including phenoxy) is 1. The second-order valence-electron chi connectivity index (χ2n) is 3.89. The largest absolute Gasteiger partial charge is 0.497 e. The van der Waals surface area contributed by atoms with Gasteiger partial charge in [0.1, 0.15) is 5.75 Å². The number of nitrogens with one attached hydrogen (secondary N) is 2. The lowest BCUT2D eigenvalue weighted by atomic mass is 10.1. The summed E-state index contributed by atoms with van der Waals surface area (Å²) in [4.78, 5) is 22.9. The van der Waals surface area contributed by atoms with Crippen molar-refractivity contribution >= 4 is 11.8 Å². The van der Waals surface area contributed by atoms with E-state index in [0.717, 1.165) is 11.3 Å². The van der Waals surface area contributed by atoms with Gasteiger partial charge >= 0.3 is 0 Å². The fourth-order valence-corrected chi connectivity index (χ4v) is 1.42. The molecule has 0 bridgehead atoms. The van der Waals surface area contributed by atoms with Gasteiger partial charge in [-0.15, -0.1) is 6.58 Å². The predicted molar refractivity (Wildman–Crippen MR) is 72.9 cm³/mol. The minimum atomic E-state index is -0.233. The SMILES string of the molecule is C=CCNC(=O)CNC(=O)Cc1ccc(OC)cc1. The Morgan fingerprint density at radius 2 is 1.89 bits per heavy atom. The molecule has 102 valence electrons. The summed E-state index contributed by atoms with van der Waals surface area (Å²) in [5.74, 6) is 0.315. The quantitative estimate of drug-likeness (QED) is 0.709. The van der Waals surface area contributed by atoms with Gasteiger partial charge in [0, 0.05) is 6.54 Å². The predicted octanol–water partition coefficient (Wildman–Crippen LogP) is 0.656. The minimum Gasteiger partial charge on any atom is -0.497 e. The van der Waals surface area contributed by atoms with Crippen molar-refractivity contribution in [1.82, 2.24) is 10.6 Å². The molecule has 2 N–H and O–H groups in total. The van der Waals surface area contributed by atoms with Gasteiger partial charge in [-0.3, -0.25) is 9.59 Å². The molecule has 0 unspecified atom stereocenters. The molecule has 0 fully saturated rings. The molecule has 0 saturated carbocycles. The monoisotopic (exact) mass is 262 g/mol. The van der Waals surface area contributed by atoms with Crippen LogP contribution in [0.15, 0.2) is 36.9 Å². The van der Waals surface area contributed by atoms with Crippen molar-refractivity contribution in [2.24, 2.45) is 0 Å². The number of hydrogen-bond acceptors (Lipinski definition) is 3. The molecule has 0 aliphatic rings. The third kappa shape index (κ3) is 5.72. The van der Waals surface area contributed by atoms with Crippen LogP contribution in [0.4, 0.5) is 0 Å². The van der Waals surface area contributed by atoms with Crippen LogP contribution in [0.1, 0.15) is 5.56 Å². The summed E-state index contributed by atoms with van der Waals surface area (Å²) in [6.07, 6.45) is 1.82. The molecule has 19 heavy (non-hydrogen) atoms. The van der Waals surface area contributed by atoms with Gasteiger partial charge in [0.2, 0.25) is 11.8 Å². The molecule has 5 nitrogen and oxygen atoms in total. The smallest absolute Gasteiger partial charge is 0.239 e. The van der Waals surface area contributed by atoms with E-state index in [4.69, 9.17) is 4.74 Å². The first-order valence-corrected chi connectivity index (χ1v) is 5.93. The van der Waals surface area contributed by atoms with Crippen molar-refractivity contribution in [3.8, 4) is 5.75 Å². The average molecular weight is 262 g/mol. The van der Waals surface area contributed by atoms with E-state index in [0.29, 0.717) is 6.54 Å². The average Bonchev–Trinajstić information content (AvgIpc) is 2.43. The van der Waals surface area contributed by atoms with Crippen LogP contribution in [0.25, 0.3) is 0 Å². The highest BCUT2D eigenvalue weighted by Crippen LogP contribution is 2.11. The summed E-state index contributed by atoms with van der Waals surface area (Å²) in [6, 6.07) is 7.21. The van der Waals surface area contributed by atoms with E-state index < -0.39 is 0 Å². The Bertz CT molecular complexity index is 441. The number of hydrogen-bond donors (Lipinski definition) is 2.